The molecule has 0 spiro atoms. The monoisotopic (exact) mass is 461 g/mol. The minimum absolute atomic E-state index is 0.347. The van der Waals surface area contributed by atoms with E-state index in [-0.39, 0.29) is 5.91 Å². The summed E-state index contributed by atoms with van der Waals surface area (Å²) in [5.74, 6) is -0.347. The molecule has 168 valence electrons. The maximum Gasteiger partial charge on any atom is 0.320 e. The molecule has 1 aliphatic heterocycles. The summed E-state index contributed by atoms with van der Waals surface area (Å²) in [4.78, 5) is 32.1. The fourth-order valence-electron chi connectivity index (χ4n) is 3.47. The van der Waals surface area contributed by atoms with Gasteiger partial charge in [-0.05, 0) is 60.5 Å². The van der Waals surface area contributed by atoms with Crippen LogP contribution in [0.3, 0.4) is 0 Å². The number of rotatable bonds is 6. The number of carbonyl (C=O) groups excluding carboxylic acids is 2. The van der Waals surface area contributed by atoms with Gasteiger partial charge in [0, 0.05) is 35.2 Å². The number of hydrogen-bond donors (Lipinski definition) is 3. The van der Waals surface area contributed by atoms with Gasteiger partial charge in [-0.1, -0.05) is 41.9 Å². The van der Waals surface area contributed by atoms with Crippen LogP contribution in [0.5, 0.6) is 0 Å². The van der Waals surface area contributed by atoms with Gasteiger partial charge in [0.15, 0.2) is 0 Å². The topological polar surface area (TPSA) is 85.8 Å². The van der Waals surface area contributed by atoms with Gasteiger partial charge in [0.1, 0.15) is 6.04 Å². The van der Waals surface area contributed by atoms with Gasteiger partial charge in [-0.25, -0.2) is 4.79 Å². The lowest BCUT2D eigenvalue weighted by atomic mass is 10.1. The number of benzene rings is 3. The van der Waals surface area contributed by atoms with Crippen molar-refractivity contribution in [3.8, 4) is 0 Å². The number of amides is 3. The van der Waals surface area contributed by atoms with E-state index in [2.05, 4.69) is 25.8 Å². The zero-order valence-corrected chi connectivity index (χ0v) is 18.6. The van der Waals surface area contributed by atoms with E-state index in [4.69, 9.17) is 11.6 Å². The molecule has 33 heavy (non-hydrogen) atoms. The molecule has 1 heterocycles. The Bertz CT molecular complexity index is 1120. The molecule has 0 saturated heterocycles. The molecule has 0 radical (unpaired) electrons. The summed E-state index contributed by atoms with van der Waals surface area (Å²) in [5.41, 5.74) is 2.89. The smallest absolute Gasteiger partial charge is 0.320 e. The van der Waals surface area contributed by atoms with Crippen molar-refractivity contribution >= 4 is 46.9 Å². The predicted molar refractivity (Wildman–Crippen MR) is 133 cm³/mol. The van der Waals surface area contributed by atoms with Crippen LogP contribution in [-0.2, 0) is 4.79 Å². The van der Waals surface area contributed by atoms with Gasteiger partial charge in [-0.2, -0.15) is 0 Å². The van der Waals surface area contributed by atoms with E-state index in [1.54, 1.807) is 36.4 Å². The van der Waals surface area contributed by atoms with Crippen LogP contribution in [0.15, 0.2) is 83.9 Å². The van der Waals surface area contributed by atoms with Crippen molar-refractivity contribution in [2.75, 3.05) is 28.6 Å². The molecule has 3 amide bonds. The summed E-state index contributed by atoms with van der Waals surface area (Å²) in [6.07, 6.45) is 2.85. The highest BCUT2D eigenvalue weighted by Crippen LogP contribution is 2.21. The van der Waals surface area contributed by atoms with Crippen LogP contribution >= 0.6 is 11.6 Å². The fraction of sp³-hybridized carbons (Fsp3) is 0.160. The van der Waals surface area contributed by atoms with Crippen molar-refractivity contribution in [3.63, 3.8) is 0 Å². The van der Waals surface area contributed by atoms with Crippen molar-refractivity contribution in [1.29, 1.82) is 0 Å². The van der Waals surface area contributed by atoms with Crippen LogP contribution in [0.4, 0.5) is 21.9 Å². The second kappa shape index (κ2) is 10.7. The Morgan fingerprint density at radius 2 is 1.55 bits per heavy atom. The lowest BCUT2D eigenvalue weighted by Crippen LogP contribution is -2.39. The van der Waals surface area contributed by atoms with Crippen LogP contribution in [-0.4, -0.2) is 31.4 Å². The van der Waals surface area contributed by atoms with Gasteiger partial charge in [-0.15, -0.1) is 0 Å². The van der Waals surface area contributed by atoms with Crippen LogP contribution < -0.4 is 20.9 Å². The predicted octanol–water partition coefficient (Wildman–Crippen LogP) is 5.08. The van der Waals surface area contributed by atoms with Gasteiger partial charge >= 0.3 is 6.03 Å². The molecule has 0 bridgehead atoms. The minimum atomic E-state index is -0.882. The van der Waals surface area contributed by atoms with Gasteiger partial charge in [0.05, 0.1) is 6.34 Å². The molecule has 0 fully saturated rings. The highest BCUT2D eigenvalue weighted by atomic mass is 35.5. The summed E-state index contributed by atoms with van der Waals surface area (Å²) in [6, 6.07) is 22.0. The Kier molecular flexibility index (Phi) is 7.22. The number of aliphatic imine (C=N–C) groups is 1. The summed E-state index contributed by atoms with van der Waals surface area (Å²) in [6.45, 7) is 1.77. The number of nitrogens with zero attached hydrogens (tertiary/aromatic N) is 2. The van der Waals surface area contributed by atoms with Gasteiger partial charge in [-0.3, -0.25) is 9.79 Å². The van der Waals surface area contributed by atoms with Crippen molar-refractivity contribution in [2.24, 2.45) is 4.99 Å². The molecular formula is C25H24ClN5O2. The van der Waals surface area contributed by atoms with E-state index in [9.17, 15) is 9.59 Å². The first kappa shape index (κ1) is 22.4. The molecule has 8 heteroatoms. The molecule has 7 nitrogen and oxygen atoms in total. The number of nitrogens with one attached hydrogen (secondary N) is 3. The molecular weight excluding hydrogens is 438 g/mol. The average Bonchev–Trinajstić information content (AvgIpc) is 2.85. The Morgan fingerprint density at radius 3 is 2.21 bits per heavy atom. The van der Waals surface area contributed by atoms with Crippen molar-refractivity contribution in [2.45, 2.75) is 12.5 Å². The van der Waals surface area contributed by atoms with E-state index in [0.717, 1.165) is 25.2 Å². The zero-order chi connectivity index (χ0) is 23.0. The van der Waals surface area contributed by atoms with Gasteiger partial charge < -0.3 is 20.9 Å². The molecule has 0 aromatic heterocycles. The average molecular weight is 462 g/mol. The van der Waals surface area contributed by atoms with Crippen LogP contribution in [0.1, 0.15) is 18.0 Å². The second-order valence-corrected chi connectivity index (χ2v) is 7.99. The quantitative estimate of drug-likeness (QED) is 0.478. The lowest BCUT2D eigenvalue weighted by Gasteiger charge is -2.23. The highest BCUT2D eigenvalue weighted by molar-refractivity contribution is 6.30. The third-order valence-corrected chi connectivity index (χ3v) is 5.40. The van der Waals surface area contributed by atoms with Crippen LogP contribution in [0.2, 0.25) is 5.02 Å². The number of hydrogen-bond acceptors (Lipinski definition) is 4. The molecule has 1 unspecified atom stereocenters. The molecule has 3 aromatic carbocycles. The lowest BCUT2D eigenvalue weighted by molar-refractivity contribution is -0.118. The summed E-state index contributed by atoms with van der Waals surface area (Å²) in [7, 11) is 0. The first-order valence-corrected chi connectivity index (χ1v) is 11.0. The molecule has 1 aliphatic rings. The Morgan fingerprint density at radius 1 is 0.879 bits per heavy atom. The number of urea groups is 1. The Balaban J connectivity index is 1.45. The van der Waals surface area contributed by atoms with Crippen molar-refractivity contribution in [1.82, 2.24) is 5.32 Å². The molecule has 3 aromatic rings. The van der Waals surface area contributed by atoms with E-state index >= 15 is 0 Å². The second-order valence-electron chi connectivity index (χ2n) is 7.55. The van der Waals surface area contributed by atoms with Crippen molar-refractivity contribution in [3.05, 3.63) is 89.4 Å². The largest absolute Gasteiger partial charge is 0.333 e. The minimum Gasteiger partial charge on any atom is -0.333 e. The van der Waals surface area contributed by atoms with E-state index in [1.165, 1.54) is 0 Å². The number of halogens is 1. The highest BCUT2D eigenvalue weighted by Gasteiger charge is 2.23. The molecule has 0 saturated carbocycles. The van der Waals surface area contributed by atoms with Crippen LogP contribution in [0.25, 0.3) is 0 Å². The normalized spacial score (nSPS) is 13.8. The summed E-state index contributed by atoms with van der Waals surface area (Å²) in [5, 5.41) is 8.95. The first-order valence-electron chi connectivity index (χ1n) is 10.6. The van der Waals surface area contributed by atoms with E-state index in [0.29, 0.717) is 22.0 Å². The number of anilines is 3. The maximum absolute atomic E-state index is 13.1. The fourth-order valence-corrected chi connectivity index (χ4v) is 3.60. The SMILES string of the molecule is O=C(Nc1ccc(Cl)cc1)NC(C(=O)Nc1ccc(N2C=NCCC2)cc1)c1ccccc1. The Labute approximate surface area is 197 Å². The zero-order valence-electron chi connectivity index (χ0n) is 17.9. The molecule has 3 N–H and O–H groups in total. The third-order valence-electron chi connectivity index (χ3n) is 5.15. The Hall–Kier alpha value is -3.84. The molecule has 4 rings (SSSR count). The van der Waals surface area contributed by atoms with E-state index < -0.39 is 12.1 Å². The maximum atomic E-state index is 13.1. The third kappa shape index (κ3) is 6.11. The van der Waals surface area contributed by atoms with Crippen LogP contribution in [0, 0.1) is 0 Å². The number of carbonyl (C=O) groups is 2. The van der Waals surface area contributed by atoms with E-state index in [1.807, 2.05) is 48.8 Å². The standard InChI is InChI=1S/C25H24ClN5O2/c26-19-7-9-21(10-8-19)29-25(33)30-23(18-5-2-1-3-6-18)24(32)28-20-11-13-22(14-12-20)31-16-4-15-27-17-31/h1-3,5-14,17,23H,4,15-16H2,(H,28,32)(H2,29,30,33). The summed E-state index contributed by atoms with van der Waals surface area (Å²) < 4.78 is 0. The first-order chi connectivity index (χ1) is 16.1. The molecule has 0 aliphatic carbocycles. The van der Waals surface area contributed by atoms with Gasteiger partial charge in [0.25, 0.3) is 5.91 Å². The van der Waals surface area contributed by atoms with Gasteiger partial charge in [0.2, 0.25) is 0 Å². The molecule has 1 atom stereocenters. The van der Waals surface area contributed by atoms with Crippen molar-refractivity contribution < 1.29 is 9.59 Å². The summed E-state index contributed by atoms with van der Waals surface area (Å²) >= 11 is 5.89.